The van der Waals surface area contributed by atoms with Crippen LogP contribution in [0.1, 0.15) is 56.3 Å². The minimum absolute atomic E-state index is 0.158. The fourth-order valence-electron chi connectivity index (χ4n) is 2.62. The lowest BCUT2D eigenvalue weighted by atomic mass is 9.81. The first-order valence-electron chi connectivity index (χ1n) is 7.73. The molecule has 2 rings (SSSR count). The predicted molar refractivity (Wildman–Crippen MR) is 92.0 cm³/mol. The van der Waals surface area contributed by atoms with E-state index in [2.05, 4.69) is 67.6 Å². The van der Waals surface area contributed by atoms with Crippen LogP contribution in [0.2, 0.25) is 0 Å². The van der Waals surface area contributed by atoms with E-state index in [9.17, 15) is 0 Å². The Bertz CT molecular complexity index is 541. The molecule has 1 aromatic carbocycles. The molecular formula is C18H26N2S. The third-order valence-electron chi connectivity index (χ3n) is 3.65. The van der Waals surface area contributed by atoms with E-state index >= 15 is 0 Å². The minimum Gasteiger partial charge on any atom is -0.310 e. The normalized spacial score (nSPS) is 13.3. The Balaban J connectivity index is 2.32. The van der Waals surface area contributed by atoms with Gasteiger partial charge in [-0.2, -0.15) is 0 Å². The molecule has 2 nitrogen and oxygen atoms in total. The fraction of sp³-hybridized carbons (Fsp3) is 0.500. The second-order valence-corrected chi connectivity index (χ2v) is 7.45. The zero-order valence-corrected chi connectivity index (χ0v) is 14.3. The van der Waals surface area contributed by atoms with Gasteiger partial charge in [-0.05, 0) is 29.5 Å². The zero-order valence-electron chi connectivity index (χ0n) is 13.5. The Morgan fingerprint density at radius 1 is 1.24 bits per heavy atom. The average Bonchev–Trinajstić information content (AvgIpc) is 2.95. The van der Waals surface area contributed by atoms with Gasteiger partial charge in [0.1, 0.15) is 0 Å². The third-order valence-corrected chi connectivity index (χ3v) is 4.45. The Morgan fingerprint density at radius 2 is 2.00 bits per heavy atom. The first-order valence-corrected chi connectivity index (χ1v) is 8.61. The number of nitrogens with one attached hydrogen (secondary N) is 1. The van der Waals surface area contributed by atoms with Crippen molar-refractivity contribution in [3.05, 3.63) is 52.0 Å². The summed E-state index contributed by atoms with van der Waals surface area (Å²) in [7, 11) is 0. The van der Waals surface area contributed by atoms with E-state index in [-0.39, 0.29) is 5.41 Å². The summed E-state index contributed by atoms with van der Waals surface area (Å²) in [6.45, 7) is 10.1. The molecule has 114 valence electrons. The Labute approximate surface area is 132 Å². The summed E-state index contributed by atoms with van der Waals surface area (Å²) < 4.78 is 0. The van der Waals surface area contributed by atoms with E-state index in [1.807, 2.05) is 6.20 Å². The molecular weight excluding hydrogens is 276 g/mol. The molecule has 3 heteroatoms. The molecule has 0 aliphatic heterocycles. The van der Waals surface area contributed by atoms with Crippen LogP contribution in [0.4, 0.5) is 0 Å². The second-order valence-electron chi connectivity index (χ2n) is 6.47. The van der Waals surface area contributed by atoms with Gasteiger partial charge in [0.05, 0.1) is 5.01 Å². The van der Waals surface area contributed by atoms with Gasteiger partial charge in [0.2, 0.25) is 0 Å². The monoisotopic (exact) mass is 302 g/mol. The van der Waals surface area contributed by atoms with Crippen molar-refractivity contribution >= 4 is 11.3 Å². The maximum Gasteiger partial charge on any atom is 0.0943 e. The van der Waals surface area contributed by atoms with Gasteiger partial charge in [0, 0.05) is 24.0 Å². The Morgan fingerprint density at radius 3 is 2.62 bits per heavy atom. The van der Waals surface area contributed by atoms with Crippen LogP contribution in [0.3, 0.4) is 0 Å². The Kier molecular flexibility index (Phi) is 5.54. The Hall–Kier alpha value is -1.19. The average molecular weight is 302 g/mol. The van der Waals surface area contributed by atoms with Crippen LogP contribution in [0.25, 0.3) is 0 Å². The van der Waals surface area contributed by atoms with Gasteiger partial charge in [-0.15, -0.1) is 11.3 Å². The number of thiazole rings is 1. The van der Waals surface area contributed by atoms with Crippen molar-refractivity contribution in [1.29, 1.82) is 0 Å². The van der Waals surface area contributed by atoms with Crippen molar-refractivity contribution in [1.82, 2.24) is 10.3 Å². The molecule has 0 amide bonds. The van der Waals surface area contributed by atoms with Crippen molar-refractivity contribution < 1.29 is 0 Å². The predicted octanol–water partition coefficient (Wildman–Crippen LogP) is 4.72. The van der Waals surface area contributed by atoms with Crippen molar-refractivity contribution in [3.63, 3.8) is 0 Å². The van der Waals surface area contributed by atoms with Crippen molar-refractivity contribution in [2.24, 2.45) is 0 Å². The second kappa shape index (κ2) is 7.19. The third kappa shape index (κ3) is 4.39. The van der Waals surface area contributed by atoms with Crippen LogP contribution in [-0.4, -0.2) is 11.5 Å². The number of aromatic nitrogens is 1. The van der Waals surface area contributed by atoms with Gasteiger partial charge in [-0.1, -0.05) is 52.0 Å². The number of hydrogen-bond donors (Lipinski definition) is 1. The smallest absolute Gasteiger partial charge is 0.0943 e. The van der Waals surface area contributed by atoms with Gasteiger partial charge < -0.3 is 5.32 Å². The van der Waals surface area contributed by atoms with Crippen LogP contribution in [-0.2, 0) is 11.8 Å². The summed E-state index contributed by atoms with van der Waals surface area (Å²) in [5.41, 5.74) is 3.00. The zero-order chi connectivity index (χ0) is 15.3. The standard InChI is InChI=1S/C18H26N2S/c1-5-10-19-16(13-17-20-11-12-21-17)14-8-6-7-9-15(14)18(2,3)4/h6-9,11-12,16,19H,5,10,13H2,1-4H3. The van der Waals surface area contributed by atoms with Gasteiger partial charge in [-0.25, -0.2) is 4.98 Å². The minimum atomic E-state index is 0.158. The first-order chi connectivity index (χ1) is 10.0. The fourth-order valence-corrected chi connectivity index (χ4v) is 3.29. The maximum atomic E-state index is 4.46. The number of benzene rings is 1. The van der Waals surface area contributed by atoms with E-state index in [1.165, 1.54) is 16.1 Å². The molecule has 1 N–H and O–H groups in total. The van der Waals surface area contributed by atoms with E-state index in [0.29, 0.717) is 6.04 Å². The topological polar surface area (TPSA) is 24.9 Å². The van der Waals surface area contributed by atoms with Crippen molar-refractivity contribution in [2.45, 2.75) is 52.0 Å². The molecule has 0 spiro atoms. The highest BCUT2D eigenvalue weighted by Crippen LogP contribution is 2.31. The van der Waals surface area contributed by atoms with Crippen molar-refractivity contribution in [2.75, 3.05) is 6.54 Å². The first kappa shape index (κ1) is 16.2. The quantitative estimate of drug-likeness (QED) is 0.835. The summed E-state index contributed by atoms with van der Waals surface area (Å²) in [6.07, 6.45) is 4.00. The molecule has 0 saturated heterocycles. The molecule has 0 saturated carbocycles. The number of nitrogens with zero attached hydrogens (tertiary/aromatic N) is 1. The SMILES string of the molecule is CCCNC(Cc1nccs1)c1ccccc1C(C)(C)C. The number of hydrogen-bond acceptors (Lipinski definition) is 3. The molecule has 0 aliphatic carbocycles. The molecule has 0 radical (unpaired) electrons. The van der Waals surface area contributed by atoms with Crippen LogP contribution in [0.15, 0.2) is 35.8 Å². The summed E-state index contributed by atoms with van der Waals surface area (Å²) in [5.74, 6) is 0. The van der Waals surface area contributed by atoms with Gasteiger partial charge in [0.15, 0.2) is 0 Å². The van der Waals surface area contributed by atoms with E-state index in [4.69, 9.17) is 0 Å². The van der Waals surface area contributed by atoms with Crippen LogP contribution < -0.4 is 5.32 Å². The van der Waals surface area contributed by atoms with E-state index < -0.39 is 0 Å². The highest BCUT2D eigenvalue weighted by atomic mass is 32.1. The summed E-state index contributed by atoms with van der Waals surface area (Å²) in [4.78, 5) is 4.46. The van der Waals surface area contributed by atoms with Crippen LogP contribution >= 0.6 is 11.3 Å². The van der Waals surface area contributed by atoms with E-state index in [0.717, 1.165) is 19.4 Å². The van der Waals surface area contributed by atoms with Crippen LogP contribution in [0.5, 0.6) is 0 Å². The molecule has 0 aliphatic rings. The highest BCUT2D eigenvalue weighted by Gasteiger charge is 2.22. The molecule has 2 aromatic rings. The summed E-state index contributed by atoms with van der Waals surface area (Å²) in [5, 5.41) is 6.96. The number of rotatable bonds is 6. The van der Waals surface area contributed by atoms with Crippen LogP contribution in [0, 0.1) is 0 Å². The molecule has 1 atom stereocenters. The summed E-state index contributed by atoms with van der Waals surface area (Å²) in [6, 6.07) is 9.16. The summed E-state index contributed by atoms with van der Waals surface area (Å²) >= 11 is 1.74. The molecule has 1 heterocycles. The lowest BCUT2D eigenvalue weighted by Gasteiger charge is -2.28. The molecule has 21 heavy (non-hydrogen) atoms. The molecule has 0 fully saturated rings. The van der Waals surface area contributed by atoms with Gasteiger partial charge in [0.25, 0.3) is 0 Å². The maximum absolute atomic E-state index is 4.46. The molecule has 1 unspecified atom stereocenters. The van der Waals surface area contributed by atoms with Gasteiger partial charge >= 0.3 is 0 Å². The highest BCUT2D eigenvalue weighted by molar-refractivity contribution is 7.09. The lowest BCUT2D eigenvalue weighted by molar-refractivity contribution is 0.504. The van der Waals surface area contributed by atoms with E-state index in [1.54, 1.807) is 11.3 Å². The molecule has 0 bridgehead atoms. The largest absolute Gasteiger partial charge is 0.310 e. The molecule has 1 aromatic heterocycles. The van der Waals surface area contributed by atoms with Gasteiger partial charge in [-0.3, -0.25) is 0 Å². The lowest BCUT2D eigenvalue weighted by Crippen LogP contribution is -2.27. The van der Waals surface area contributed by atoms with Crippen molar-refractivity contribution in [3.8, 4) is 0 Å².